The lowest BCUT2D eigenvalue weighted by atomic mass is 9.93. The zero-order valence-electron chi connectivity index (χ0n) is 26.1. The fourth-order valence-electron chi connectivity index (χ4n) is 5.85. The van der Waals surface area contributed by atoms with Crippen LogP contribution in [0.1, 0.15) is 62.7 Å². The minimum Gasteiger partial charge on any atom is -0.477 e. The topological polar surface area (TPSA) is 169 Å². The number of hydrogen-bond acceptors (Lipinski definition) is 9. The van der Waals surface area contributed by atoms with Gasteiger partial charge in [0.25, 0.3) is 15.9 Å². The number of alkyl halides is 3. The van der Waals surface area contributed by atoms with Gasteiger partial charge in [0.1, 0.15) is 11.0 Å². The van der Waals surface area contributed by atoms with Crippen molar-refractivity contribution in [2.45, 2.75) is 69.0 Å². The Bertz CT molecular complexity index is 1780. The molecule has 4 heterocycles. The monoisotopic (exact) mass is 713 g/mol. The third-order valence-electron chi connectivity index (χ3n) is 8.72. The van der Waals surface area contributed by atoms with Gasteiger partial charge in [-0.3, -0.25) is 4.79 Å². The van der Waals surface area contributed by atoms with Crippen LogP contribution in [0.5, 0.6) is 5.88 Å². The van der Waals surface area contributed by atoms with Crippen molar-refractivity contribution in [2.24, 2.45) is 11.3 Å². The number of carbonyl (C=O) groups is 2. The summed E-state index contributed by atoms with van der Waals surface area (Å²) < 4.78 is 74.1. The number of pyridine rings is 2. The van der Waals surface area contributed by atoms with E-state index in [-0.39, 0.29) is 64.9 Å². The summed E-state index contributed by atoms with van der Waals surface area (Å²) in [6.45, 7) is 4.58. The van der Waals surface area contributed by atoms with Crippen LogP contribution in [0.4, 0.5) is 23.8 Å². The number of ether oxygens (including phenoxy) is 1. The van der Waals surface area contributed by atoms with E-state index in [2.05, 4.69) is 20.4 Å². The molecule has 0 aromatic carbocycles. The number of aromatic nitrogens is 4. The van der Waals surface area contributed by atoms with E-state index < -0.39 is 39.2 Å². The molecule has 13 nitrogen and oxygen atoms in total. The smallest absolute Gasteiger partial charge is 0.407 e. The molecule has 1 unspecified atom stereocenters. The number of rotatable bonds is 13. The van der Waals surface area contributed by atoms with Crippen molar-refractivity contribution < 1.29 is 41.0 Å². The second-order valence-electron chi connectivity index (χ2n) is 12.6. The molecular weight excluding hydrogens is 679 g/mol. The summed E-state index contributed by atoms with van der Waals surface area (Å²) in [7, 11) is -4.33. The lowest BCUT2D eigenvalue weighted by Gasteiger charge is -2.28. The number of carbonyl (C=O) groups excluding carboxylic acids is 1. The predicted molar refractivity (Wildman–Crippen MR) is 168 cm³/mol. The van der Waals surface area contributed by atoms with Crippen LogP contribution in [0.15, 0.2) is 47.6 Å². The fourth-order valence-corrected chi connectivity index (χ4v) is 7.06. The fraction of sp³-hybridized carbons (Fsp3) is 0.500. The van der Waals surface area contributed by atoms with Gasteiger partial charge in [-0.15, -0.1) is 5.10 Å². The van der Waals surface area contributed by atoms with Crippen molar-refractivity contribution in [1.82, 2.24) is 29.4 Å². The molecular formula is C30H35ClF3N7O6S. The first kappa shape index (κ1) is 35.2. The van der Waals surface area contributed by atoms with Gasteiger partial charge in [-0.05, 0) is 76.5 Å². The first-order valence-corrected chi connectivity index (χ1v) is 17.1. The minimum absolute atomic E-state index is 0.0787. The molecule has 0 spiro atoms. The maximum atomic E-state index is 13.1. The number of sulfonamides is 1. The predicted octanol–water partition coefficient (Wildman–Crippen LogP) is 5.52. The Morgan fingerprint density at radius 3 is 2.58 bits per heavy atom. The number of halogens is 4. The zero-order chi connectivity index (χ0) is 34.9. The molecule has 1 aliphatic heterocycles. The molecule has 0 bridgehead atoms. The van der Waals surface area contributed by atoms with Crippen molar-refractivity contribution in [2.75, 3.05) is 25.0 Å². The second-order valence-corrected chi connectivity index (χ2v) is 14.7. The lowest BCUT2D eigenvalue weighted by molar-refractivity contribution is -0.190. The molecule has 5 rings (SSSR count). The maximum Gasteiger partial charge on any atom is 0.407 e. The van der Waals surface area contributed by atoms with E-state index in [1.54, 1.807) is 0 Å². The largest absolute Gasteiger partial charge is 0.477 e. The Kier molecular flexibility index (Phi) is 9.83. The Hall–Kier alpha value is -4.12. The molecule has 3 aromatic heterocycles. The van der Waals surface area contributed by atoms with E-state index in [1.165, 1.54) is 52.3 Å². The Morgan fingerprint density at radius 2 is 1.94 bits per heavy atom. The second kappa shape index (κ2) is 13.4. The van der Waals surface area contributed by atoms with Gasteiger partial charge in [0.15, 0.2) is 5.82 Å². The summed E-state index contributed by atoms with van der Waals surface area (Å²) in [5.41, 5.74) is -2.33. The molecule has 0 radical (unpaired) electrons. The van der Waals surface area contributed by atoms with Crippen molar-refractivity contribution in [3.63, 3.8) is 0 Å². The molecule has 1 aliphatic carbocycles. The van der Waals surface area contributed by atoms with E-state index in [1.807, 2.05) is 18.6 Å². The average molecular weight is 714 g/mol. The molecule has 18 heteroatoms. The Morgan fingerprint density at radius 1 is 1.19 bits per heavy atom. The van der Waals surface area contributed by atoms with Gasteiger partial charge in [-0.25, -0.2) is 32.6 Å². The number of likely N-dealkylation sites (tertiary alicyclic amines) is 1. The van der Waals surface area contributed by atoms with Gasteiger partial charge in [-0.2, -0.15) is 13.2 Å². The molecule has 3 aromatic rings. The van der Waals surface area contributed by atoms with Crippen molar-refractivity contribution in [3.05, 3.63) is 53.4 Å². The molecule has 260 valence electrons. The lowest BCUT2D eigenvalue weighted by Crippen LogP contribution is -2.41. The third kappa shape index (κ3) is 7.94. The van der Waals surface area contributed by atoms with Crippen LogP contribution in [-0.2, 0) is 10.0 Å². The van der Waals surface area contributed by atoms with Crippen LogP contribution in [0.25, 0.3) is 5.82 Å². The van der Waals surface area contributed by atoms with E-state index in [9.17, 15) is 36.3 Å². The van der Waals surface area contributed by atoms with E-state index in [0.717, 1.165) is 12.8 Å². The first-order valence-electron chi connectivity index (χ1n) is 15.2. The average Bonchev–Trinajstić information content (AvgIpc) is 3.55. The zero-order valence-corrected chi connectivity index (χ0v) is 27.7. The molecule has 1 saturated heterocycles. The molecule has 2 amide bonds. The SMILES string of the molecule is CC1(C)CC(CCCNc2cc(S(=O)(=O)NC(=O)c3ccc(-n4ccc(OCCC5(C(F)(F)F)CC5)n4)nc3Cl)ccn2)CN1C(=O)O. The number of nitrogens with zero attached hydrogens (tertiary/aromatic N) is 5. The molecule has 2 aliphatic rings. The van der Waals surface area contributed by atoms with E-state index in [4.69, 9.17) is 16.3 Å². The molecule has 1 saturated carbocycles. The minimum atomic E-state index is -4.33. The number of carboxylic acid groups (broad SMARTS) is 1. The van der Waals surface area contributed by atoms with Crippen LogP contribution < -0.4 is 14.8 Å². The van der Waals surface area contributed by atoms with E-state index >= 15 is 0 Å². The van der Waals surface area contributed by atoms with Gasteiger partial charge in [0.05, 0.1) is 22.5 Å². The summed E-state index contributed by atoms with van der Waals surface area (Å²) in [6, 6.07) is 6.59. The summed E-state index contributed by atoms with van der Waals surface area (Å²) in [5, 5.41) is 16.3. The van der Waals surface area contributed by atoms with Crippen LogP contribution in [0.3, 0.4) is 0 Å². The highest BCUT2D eigenvalue weighted by atomic mass is 35.5. The van der Waals surface area contributed by atoms with Gasteiger partial charge in [-0.1, -0.05) is 11.6 Å². The van der Waals surface area contributed by atoms with Gasteiger partial charge >= 0.3 is 12.3 Å². The van der Waals surface area contributed by atoms with Gasteiger partial charge in [0.2, 0.25) is 5.88 Å². The Balaban J connectivity index is 1.13. The third-order valence-corrected chi connectivity index (χ3v) is 10.3. The highest BCUT2D eigenvalue weighted by molar-refractivity contribution is 7.90. The quantitative estimate of drug-likeness (QED) is 0.152. The molecule has 48 heavy (non-hydrogen) atoms. The standard InChI is InChI=1S/C30H35ClF3N7O6S/c1-28(2)17-19(18-40(28)27(43)44)4-3-12-35-22-16-20(7-13-36-22)48(45,46)39-26(42)21-5-6-23(37-25(21)31)41-14-8-24(38-41)47-15-11-29(9-10-29)30(32,33)34/h5-8,13-14,16,19H,3-4,9-12,15,17-18H2,1-2H3,(H,35,36)(H,39,42)(H,43,44). The summed E-state index contributed by atoms with van der Waals surface area (Å²) >= 11 is 6.22. The van der Waals surface area contributed by atoms with Crippen molar-refractivity contribution >= 4 is 39.4 Å². The molecule has 1 atom stereocenters. The normalized spacial score (nSPS) is 18.4. The molecule has 3 N–H and O–H groups in total. The number of anilines is 1. The van der Waals surface area contributed by atoms with Crippen LogP contribution in [0, 0.1) is 11.3 Å². The highest BCUT2D eigenvalue weighted by Gasteiger charge is 2.62. The van der Waals surface area contributed by atoms with E-state index in [0.29, 0.717) is 19.5 Å². The summed E-state index contributed by atoms with van der Waals surface area (Å²) in [4.78, 5) is 33.9. The maximum absolute atomic E-state index is 13.1. The van der Waals surface area contributed by atoms with Crippen LogP contribution >= 0.6 is 11.6 Å². The van der Waals surface area contributed by atoms with Crippen molar-refractivity contribution in [1.29, 1.82) is 0 Å². The highest BCUT2D eigenvalue weighted by Crippen LogP contribution is 2.59. The summed E-state index contributed by atoms with van der Waals surface area (Å²) in [5.74, 6) is -0.292. The van der Waals surface area contributed by atoms with Gasteiger partial charge < -0.3 is 20.1 Å². The van der Waals surface area contributed by atoms with Crippen LogP contribution in [0.2, 0.25) is 5.15 Å². The van der Waals surface area contributed by atoms with Crippen molar-refractivity contribution in [3.8, 4) is 11.7 Å². The molecule has 2 fully saturated rings. The van der Waals surface area contributed by atoms with Crippen LogP contribution in [-0.4, -0.2) is 81.6 Å². The Labute approximate surface area is 279 Å². The van der Waals surface area contributed by atoms with Gasteiger partial charge in [0, 0.05) is 43.2 Å². The number of amides is 2. The summed E-state index contributed by atoms with van der Waals surface area (Å²) in [6.07, 6.45) is -0.235. The number of hydrogen-bond donors (Lipinski definition) is 3. The number of nitrogens with one attached hydrogen (secondary N) is 2. The first-order chi connectivity index (χ1) is 22.5.